The Kier molecular flexibility index (Phi) is 2.76. The van der Waals surface area contributed by atoms with Gasteiger partial charge < -0.3 is 4.40 Å². The molecule has 0 unspecified atom stereocenters. The van der Waals surface area contributed by atoms with Crippen LogP contribution in [0.4, 0.5) is 0 Å². The van der Waals surface area contributed by atoms with Gasteiger partial charge in [-0.05, 0) is 6.92 Å². The first-order chi connectivity index (χ1) is 8.10. The molecule has 3 nitrogen and oxygen atoms in total. The summed E-state index contributed by atoms with van der Waals surface area (Å²) in [4.78, 5) is 9.13. The SMILES string of the molecule is Cc1nc2cnc(C(C)(C)C)cn2c1C(C)(C)C. The Morgan fingerprint density at radius 1 is 1.00 bits per heavy atom. The minimum Gasteiger partial charge on any atom is -0.300 e. The molecule has 0 saturated heterocycles. The number of imidazole rings is 1. The molecule has 0 aliphatic carbocycles. The topological polar surface area (TPSA) is 30.2 Å². The minimum absolute atomic E-state index is 0.0571. The molecule has 0 atom stereocenters. The van der Waals surface area contributed by atoms with Gasteiger partial charge in [-0.25, -0.2) is 4.98 Å². The van der Waals surface area contributed by atoms with Crippen LogP contribution < -0.4 is 0 Å². The first-order valence-corrected chi connectivity index (χ1v) is 6.46. The van der Waals surface area contributed by atoms with Crippen molar-refractivity contribution in [2.45, 2.75) is 59.3 Å². The van der Waals surface area contributed by atoms with Gasteiger partial charge in [-0.15, -0.1) is 0 Å². The van der Waals surface area contributed by atoms with Crippen LogP contribution in [0.5, 0.6) is 0 Å². The highest BCUT2D eigenvalue weighted by Gasteiger charge is 2.24. The molecule has 0 spiro atoms. The minimum atomic E-state index is 0.0571. The Morgan fingerprint density at radius 2 is 1.61 bits per heavy atom. The fraction of sp³-hybridized carbons (Fsp3) is 0.600. The van der Waals surface area contributed by atoms with Crippen molar-refractivity contribution in [2.75, 3.05) is 0 Å². The Bertz CT molecular complexity index is 580. The van der Waals surface area contributed by atoms with Crippen LogP contribution >= 0.6 is 0 Å². The van der Waals surface area contributed by atoms with Crippen molar-refractivity contribution in [2.24, 2.45) is 0 Å². The van der Waals surface area contributed by atoms with Crippen molar-refractivity contribution in [3.8, 4) is 0 Å². The van der Waals surface area contributed by atoms with Crippen molar-refractivity contribution < 1.29 is 0 Å². The Hall–Kier alpha value is -1.38. The largest absolute Gasteiger partial charge is 0.300 e. The molecule has 3 heteroatoms. The maximum atomic E-state index is 4.60. The number of aromatic nitrogens is 3. The molecule has 2 aromatic heterocycles. The molecule has 18 heavy (non-hydrogen) atoms. The van der Waals surface area contributed by atoms with Gasteiger partial charge in [0.2, 0.25) is 0 Å². The fourth-order valence-electron chi connectivity index (χ4n) is 2.36. The van der Waals surface area contributed by atoms with E-state index in [9.17, 15) is 0 Å². The lowest BCUT2D eigenvalue weighted by atomic mass is 9.90. The van der Waals surface area contributed by atoms with Gasteiger partial charge in [-0.2, -0.15) is 0 Å². The standard InChI is InChI=1S/C15H23N3/c1-10-13(15(5,6)7)18-9-11(14(2,3)4)16-8-12(18)17-10/h8-9H,1-7H3. The Labute approximate surface area is 109 Å². The summed E-state index contributed by atoms with van der Waals surface area (Å²) in [5.74, 6) is 0. The number of aryl methyl sites for hydroxylation is 1. The molecular formula is C15H23N3. The van der Waals surface area contributed by atoms with Gasteiger partial charge >= 0.3 is 0 Å². The van der Waals surface area contributed by atoms with E-state index in [4.69, 9.17) is 0 Å². The van der Waals surface area contributed by atoms with Crippen LogP contribution in [-0.4, -0.2) is 14.4 Å². The molecule has 2 aromatic rings. The normalized spacial score (nSPS) is 13.3. The van der Waals surface area contributed by atoms with Gasteiger partial charge in [0.25, 0.3) is 0 Å². The lowest BCUT2D eigenvalue weighted by Gasteiger charge is -2.21. The van der Waals surface area contributed by atoms with E-state index in [1.165, 1.54) is 5.69 Å². The number of hydrogen-bond acceptors (Lipinski definition) is 2. The number of rotatable bonds is 0. The van der Waals surface area contributed by atoms with E-state index in [2.05, 4.69) is 69.0 Å². The zero-order valence-corrected chi connectivity index (χ0v) is 12.5. The van der Waals surface area contributed by atoms with Crippen molar-refractivity contribution in [1.82, 2.24) is 14.4 Å². The van der Waals surface area contributed by atoms with E-state index >= 15 is 0 Å². The summed E-state index contributed by atoms with van der Waals surface area (Å²) in [6, 6.07) is 0. The lowest BCUT2D eigenvalue weighted by Crippen LogP contribution is -2.18. The zero-order chi connectivity index (χ0) is 13.7. The molecule has 0 N–H and O–H groups in total. The zero-order valence-electron chi connectivity index (χ0n) is 12.5. The highest BCUT2D eigenvalue weighted by atomic mass is 15.0. The number of hydrogen-bond donors (Lipinski definition) is 0. The van der Waals surface area contributed by atoms with Crippen molar-refractivity contribution in [1.29, 1.82) is 0 Å². The molecule has 98 valence electrons. The molecule has 0 saturated carbocycles. The van der Waals surface area contributed by atoms with Crippen LogP contribution in [0.15, 0.2) is 12.4 Å². The summed E-state index contributed by atoms with van der Waals surface area (Å²) in [6.45, 7) is 15.3. The number of fused-ring (bicyclic) bond motifs is 1. The van der Waals surface area contributed by atoms with Gasteiger partial charge in [0, 0.05) is 17.0 Å². The quantitative estimate of drug-likeness (QED) is 0.709. The summed E-state index contributed by atoms with van der Waals surface area (Å²) in [6.07, 6.45) is 4.01. The van der Waals surface area contributed by atoms with E-state index in [0.717, 1.165) is 17.0 Å². The van der Waals surface area contributed by atoms with Crippen molar-refractivity contribution >= 4 is 5.65 Å². The van der Waals surface area contributed by atoms with Crippen LogP contribution in [0.2, 0.25) is 0 Å². The second-order valence-electron chi connectivity index (χ2n) is 7.05. The smallest absolute Gasteiger partial charge is 0.155 e. The predicted molar refractivity (Wildman–Crippen MR) is 75.1 cm³/mol. The Balaban J connectivity index is 2.76. The van der Waals surface area contributed by atoms with Crippen LogP contribution in [-0.2, 0) is 10.8 Å². The molecule has 0 fully saturated rings. The van der Waals surface area contributed by atoms with Gasteiger partial charge in [0.15, 0.2) is 5.65 Å². The molecule has 0 aliphatic rings. The van der Waals surface area contributed by atoms with Crippen LogP contribution in [0.3, 0.4) is 0 Å². The van der Waals surface area contributed by atoms with Gasteiger partial charge in [-0.1, -0.05) is 41.5 Å². The average molecular weight is 245 g/mol. The van der Waals surface area contributed by atoms with Crippen molar-refractivity contribution in [3.63, 3.8) is 0 Å². The van der Waals surface area contributed by atoms with Crippen LogP contribution in [0.25, 0.3) is 5.65 Å². The number of nitrogens with zero attached hydrogens (tertiary/aromatic N) is 3. The van der Waals surface area contributed by atoms with Gasteiger partial charge in [0.05, 0.1) is 23.3 Å². The second-order valence-corrected chi connectivity index (χ2v) is 7.05. The molecule has 0 aliphatic heterocycles. The first kappa shape index (κ1) is 13.1. The van der Waals surface area contributed by atoms with E-state index in [1.807, 2.05) is 6.20 Å². The summed E-state index contributed by atoms with van der Waals surface area (Å²) in [7, 11) is 0. The van der Waals surface area contributed by atoms with E-state index < -0.39 is 0 Å². The molecule has 0 radical (unpaired) electrons. The molecule has 0 amide bonds. The summed E-state index contributed by atoms with van der Waals surface area (Å²) in [5, 5.41) is 0. The third kappa shape index (κ3) is 2.14. The first-order valence-electron chi connectivity index (χ1n) is 6.46. The van der Waals surface area contributed by atoms with E-state index in [0.29, 0.717) is 0 Å². The highest BCUT2D eigenvalue weighted by Crippen LogP contribution is 2.28. The lowest BCUT2D eigenvalue weighted by molar-refractivity contribution is 0.544. The molecular weight excluding hydrogens is 222 g/mol. The van der Waals surface area contributed by atoms with Crippen LogP contribution in [0, 0.1) is 6.92 Å². The molecule has 0 aromatic carbocycles. The molecule has 2 rings (SSSR count). The average Bonchev–Trinajstić information content (AvgIpc) is 2.49. The van der Waals surface area contributed by atoms with E-state index in [-0.39, 0.29) is 10.8 Å². The fourth-order valence-corrected chi connectivity index (χ4v) is 2.36. The maximum absolute atomic E-state index is 4.60. The summed E-state index contributed by atoms with van der Waals surface area (Å²) < 4.78 is 2.20. The van der Waals surface area contributed by atoms with E-state index in [1.54, 1.807) is 0 Å². The third-order valence-electron chi connectivity index (χ3n) is 3.16. The Morgan fingerprint density at radius 3 is 2.11 bits per heavy atom. The highest BCUT2D eigenvalue weighted by molar-refractivity contribution is 5.43. The second kappa shape index (κ2) is 3.81. The van der Waals surface area contributed by atoms with Crippen molar-refractivity contribution in [3.05, 3.63) is 29.5 Å². The monoisotopic (exact) mass is 245 g/mol. The predicted octanol–water partition coefficient (Wildman–Crippen LogP) is 3.63. The maximum Gasteiger partial charge on any atom is 0.155 e. The van der Waals surface area contributed by atoms with Gasteiger partial charge in [-0.3, -0.25) is 4.98 Å². The third-order valence-corrected chi connectivity index (χ3v) is 3.16. The van der Waals surface area contributed by atoms with Crippen LogP contribution in [0.1, 0.15) is 58.6 Å². The van der Waals surface area contributed by atoms with Gasteiger partial charge in [0.1, 0.15) is 0 Å². The summed E-state index contributed by atoms with van der Waals surface area (Å²) in [5.41, 5.74) is 4.53. The molecule has 0 bridgehead atoms. The molecule has 2 heterocycles. The summed E-state index contributed by atoms with van der Waals surface area (Å²) >= 11 is 0.